The average Bonchev–Trinajstić information content (AvgIpc) is 2.27. The number of nitriles is 1. The average molecular weight is 185 g/mol. The fourth-order valence-corrected chi connectivity index (χ4v) is 1.69. The Hall–Kier alpha value is -1.82. The second-order valence-corrected chi connectivity index (χ2v) is 3.25. The second-order valence-electron chi connectivity index (χ2n) is 3.25. The number of nitrogens with one attached hydrogen (secondary N) is 1. The Balaban J connectivity index is 2.53. The van der Waals surface area contributed by atoms with Gasteiger partial charge in [-0.3, -0.25) is 0 Å². The minimum Gasteiger partial charge on any atom is -0.301 e. The predicted molar refractivity (Wildman–Crippen MR) is 54.8 cm³/mol. The number of hydrogen-bond acceptors (Lipinski definition) is 3. The lowest BCUT2D eigenvalue weighted by atomic mass is 9.95. The molecule has 14 heavy (non-hydrogen) atoms. The Bertz CT molecular complexity index is 415. The molecule has 3 nitrogen and oxygen atoms in total. The van der Waals surface area contributed by atoms with E-state index in [-0.39, 0.29) is 6.04 Å². The summed E-state index contributed by atoms with van der Waals surface area (Å²) in [6, 6.07) is 10.2. The molecule has 3 heteroatoms. The van der Waals surface area contributed by atoms with Gasteiger partial charge in [0.25, 0.3) is 0 Å². The van der Waals surface area contributed by atoms with Crippen LogP contribution in [0.5, 0.6) is 0 Å². The van der Waals surface area contributed by atoms with Gasteiger partial charge < -0.3 is 5.43 Å². The third-order valence-electron chi connectivity index (χ3n) is 2.44. The Morgan fingerprint density at radius 1 is 1.50 bits per heavy atom. The van der Waals surface area contributed by atoms with Crippen molar-refractivity contribution in [2.24, 2.45) is 5.10 Å². The van der Waals surface area contributed by atoms with Crippen LogP contribution in [0.25, 0.3) is 0 Å². The number of benzene rings is 1. The fourth-order valence-electron chi connectivity index (χ4n) is 1.69. The first kappa shape index (κ1) is 8.76. The number of nitrogens with zero attached hydrogens (tertiary/aromatic N) is 2. The molecule has 0 saturated heterocycles. The molecule has 0 radical (unpaired) electrons. The van der Waals surface area contributed by atoms with E-state index in [1.54, 1.807) is 0 Å². The van der Waals surface area contributed by atoms with Crippen LogP contribution < -0.4 is 5.43 Å². The molecular formula is C11H11N3. The summed E-state index contributed by atoms with van der Waals surface area (Å²) in [5, 5.41) is 12.9. The van der Waals surface area contributed by atoms with Crippen LogP contribution in [0.1, 0.15) is 30.5 Å². The monoisotopic (exact) mass is 185 g/mol. The van der Waals surface area contributed by atoms with Crippen molar-refractivity contribution >= 4 is 5.71 Å². The van der Waals surface area contributed by atoms with Crippen molar-refractivity contribution in [3.05, 3.63) is 35.4 Å². The van der Waals surface area contributed by atoms with Crippen molar-refractivity contribution in [1.29, 1.82) is 5.26 Å². The highest BCUT2D eigenvalue weighted by Crippen LogP contribution is 2.24. The van der Waals surface area contributed by atoms with E-state index >= 15 is 0 Å². The van der Waals surface area contributed by atoms with E-state index in [0.29, 0.717) is 5.71 Å². The molecule has 1 N–H and O–H groups in total. The summed E-state index contributed by atoms with van der Waals surface area (Å²) < 4.78 is 0. The summed E-state index contributed by atoms with van der Waals surface area (Å²) in [6.45, 7) is 2.10. The summed E-state index contributed by atoms with van der Waals surface area (Å²) in [5.74, 6) is 0. The molecule has 1 atom stereocenters. The zero-order valence-electron chi connectivity index (χ0n) is 7.99. The van der Waals surface area contributed by atoms with Crippen LogP contribution >= 0.6 is 0 Å². The number of fused-ring (bicyclic) bond motifs is 1. The normalized spacial score (nSPS) is 18.9. The first-order chi connectivity index (χ1) is 6.86. The van der Waals surface area contributed by atoms with E-state index in [0.717, 1.165) is 12.0 Å². The molecule has 1 aliphatic heterocycles. The van der Waals surface area contributed by atoms with Crippen molar-refractivity contribution in [3.8, 4) is 6.07 Å². The Morgan fingerprint density at radius 2 is 2.29 bits per heavy atom. The second kappa shape index (κ2) is 3.51. The Morgan fingerprint density at radius 3 is 3.00 bits per heavy atom. The molecule has 0 amide bonds. The summed E-state index contributed by atoms with van der Waals surface area (Å²) in [5.41, 5.74) is 5.60. The van der Waals surface area contributed by atoms with Crippen LogP contribution in [0, 0.1) is 11.3 Å². The van der Waals surface area contributed by atoms with Gasteiger partial charge in [0.1, 0.15) is 6.07 Å². The minimum atomic E-state index is 0.239. The van der Waals surface area contributed by atoms with E-state index in [2.05, 4.69) is 23.5 Å². The lowest BCUT2D eigenvalue weighted by molar-refractivity contribution is 0.533. The maximum absolute atomic E-state index is 8.88. The van der Waals surface area contributed by atoms with Gasteiger partial charge in [-0.1, -0.05) is 31.2 Å². The number of hydrogen-bond donors (Lipinski definition) is 1. The Labute approximate surface area is 83.1 Å². The van der Waals surface area contributed by atoms with Crippen LogP contribution in [-0.4, -0.2) is 5.71 Å². The summed E-state index contributed by atoms with van der Waals surface area (Å²) in [7, 11) is 0. The van der Waals surface area contributed by atoms with Gasteiger partial charge in [0.2, 0.25) is 0 Å². The van der Waals surface area contributed by atoms with E-state index in [1.807, 2.05) is 24.3 Å². The molecule has 1 aromatic rings. The van der Waals surface area contributed by atoms with E-state index < -0.39 is 0 Å². The molecule has 0 saturated carbocycles. The van der Waals surface area contributed by atoms with Gasteiger partial charge in [-0.2, -0.15) is 10.4 Å². The molecule has 1 unspecified atom stereocenters. The maximum atomic E-state index is 8.88. The number of rotatable bonds is 1. The van der Waals surface area contributed by atoms with E-state index in [9.17, 15) is 0 Å². The van der Waals surface area contributed by atoms with Crippen molar-refractivity contribution in [1.82, 2.24) is 5.43 Å². The molecule has 1 heterocycles. The molecule has 70 valence electrons. The van der Waals surface area contributed by atoms with Crippen LogP contribution in [0.4, 0.5) is 0 Å². The van der Waals surface area contributed by atoms with Crippen molar-refractivity contribution in [3.63, 3.8) is 0 Å². The largest absolute Gasteiger partial charge is 0.301 e. The van der Waals surface area contributed by atoms with Gasteiger partial charge in [0, 0.05) is 5.56 Å². The van der Waals surface area contributed by atoms with E-state index in [4.69, 9.17) is 5.26 Å². The third kappa shape index (κ3) is 1.25. The lowest BCUT2D eigenvalue weighted by Gasteiger charge is -2.22. The van der Waals surface area contributed by atoms with Gasteiger partial charge in [-0.05, 0) is 12.0 Å². The van der Waals surface area contributed by atoms with Crippen LogP contribution in [-0.2, 0) is 0 Å². The first-order valence-electron chi connectivity index (χ1n) is 4.69. The zero-order valence-corrected chi connectivity index (χ0v) is 7.99. The van der Waals surface area contributed by atoms with Crippen LogP contribution in [0.2, 0.25) is 0 Å². The lowest BCUT2D eigenvalue weighted by Crippen LogP contribution is -2.24. The highest BCUT2D eigenvalue weighted by atomic mass is 15.3. The maximum Gasteiger partial charge on any atom is 0.167 e. The molecule has 0 spiro atoms. The Kier molecular flexibility index (Phi) is 2.19. The molecular weight excluding hydrogens is 174 g/mol. The standard InChI is InChI=1S/C11H11N3/c1-2-10-8-5-3-4-6-9(8)11(7-12)14-13-10/h3-6,10,13H,2H2,1H3. The fraction of sp³-hybridized carbons (Fsp3) is 0.273. The molecule has 0 bridgehead atoms. The smallest absolute Gasteiger partial charge is 0.167 e. The molecule has 0 fully saturated rings. The van der Waals surface area contributed by atoms with Crippen LogP contribution in [0.3, 0.4) is 0 Å². The quantitative estimate of drug-likeness (QED) is 0.727. The van der Waals surface area contributed by atoms with E-state index in [1.165, 1.54) is 5.56 Å². The molecule has 2 rings (SSSR count). The first-order valence-corrected chi connectivity index (χ1v) is 4.69. The highest BCUT2D eigenvalue weighted by molar-refractivity contribution is 6.12. The van der Waals surface area contributed by atoms with Crippen molar-refractivity contribution < 1.29 is 0 Å². The molecule has 1 aliphatic rings. The number of hydrazone groups is 1. The zero-order chi connectivity index (χ0) is 9.97. The molecule has 1 aromatic carbocycles. The van der Waals surface area contributed by atoms with Crippen LogP contribution in [0.15, 0.2) is 29.4 Å². The topological polar surface area (TPSA) is 48.2 Å². The van der Waals surface area contributed by atoms with Gasteiger partial charge in [-0.25, -0.2) is 0 Å². The van der Waals surface area contributed by atoms with Crippen molar-refractivity contribution in [2.75, 3.05) is 0 Å². The SMILES string of the molecule is CCC1NN=C(C#N)c2ccccc21. The molecule has 0 aliphatic carbocycles. The van der Waals surface area contributed by atoms with Gasteiger partial charge in [-0.15, -0.1) is 0 Å². The minimum absolute atomic E-state index is 0.239. The summed E-state index contributed by atoms with van der Waals surface area (Å²) >= 11 is 0. The van der Waals surface area contributed by atoms with Gasteiger partial charge >= 0.3 is 0 Å². The van der Waals surface area contributed by atoms with Gasteiger partial charge in [0.05, 0.1) is 6.04 Å². The summed E-state index contributed by atoms with van der Waals surface area (Å²) in [4.78, 5) is 0. The summed E-state index contributed by atoms with van der Waals surface area (Å²) in [6.07, 6.45) is 0.971. The third-order valence-corrected chi connectivity index (χ3v) is 2.44. The molecule has 0 aromatic heterocycles. The van der Waals surface area contributed by atoms with Crippen molar-refractivity contribution in [2.45, 2.75) is 19.4 Å². The highest BCUT2D eigenvalue weighted by Gasteiger charge is 2.20. The predicted octanol–water partition coefficient (Wildman–Crippen LogP) is 1.97. The van der Waals surface area contributed by atoms with Gasteiger partial charge in [0.15, 0.2) is 5.71 Å².